The lowest BCUT2D eigenvalue weighted by molar-refractivity contribution is 0.670. The van der Waals surface area contributed by atoms with E-state index in [1.54, 1.807) is 0 Å². The molecule has 0 amide bonds. The van der Waals surface area contributed by atoms with E-state index in [2.05, 4.69) is 234 Å². The Kier molecular flexibility index (Phi) is 8.17. The largest absolute Gasteiger partial charge is 0.455 e. The van der Waals surface area contributed by atoms with E-state index in [0.29, 0.717) is 0 Å². The van der Waals surface area contributed by atoms with Gasteiger partial charge in [-0.05, 0) is 88.1 Å². The van der Waals surface area contributed by atoms with Gasteiger partial charge in [0.1, 0.15) is 11.2 Å². The second kappa shape index (κ2) is 14.3. The van der Waals surface area contributed by atoms with Crippen molar-refractivity contribution in [3.8, 4) is 39.1 Å². The Bertz CT molecular complexity index is 3600. The molecule has 61 heavy (non-hydrogen) atoms. The van der Waals surface area contributed by atoms with Crippen molar-refractivity contribution in [1.29, 1.82) is 0 Å². The highest BCUT2D eigenvalue weighted by Crippen LogP contribution is 2.46. The fourth-order valence-corrected chi connectivity index (χ4v) is 9.35. The molecule has 12 aromatic rings. The lowest BCUT2D eigenvalue weighted by Gasteiger charge is -2.28. The molecule has 10 aromatic carbocycles. The van der Waals surface area contributed by atoms with Crippen LogP contribution in [0.1, 0.15) is 0 Å². The van der Waals surface area contributed by atoms with Crippen LogP contribution >= 0.6 is 0 Å². The summed E-state index contributed by atoms with van der Waals surface area (Å²) in [7, 11) is 0. The summed E-state index contributed by atoms with van der Waals surface area (Å²) < 4.78 is 9.06. The van der Waals surface area contributed by atoms with Crippen LogP contribution in [0, 0.1) is 0 Å². The molecular weight excluding hydrogens is 741 g/mol. The summed E-state index contributed by atoms with van der Waals surface area (Å²) in [6.45, 7) is 0. The molecule has 0 N–H and O–H groups in total. The number of furan rings is 1. The number of hydrogen-bond donors (Lipinski definition) is 0. The lowest BCUT2D eigenvalue weighted by atomic mass is 9.95. The number of benzene rings is 10. The second-order valence-electron chi connectivity index (χ2n) is 15.7. The van der Waals surface area contributed by atoms with Crippen LogP contribution in [-0.4, -0.2) is 4.57 Å². The zero-order chi connectivity index (χ0) is 40.3. The van der Waals surface area contributed by atoms with Crippen molar-refractivity contribution in [3.63, 3.8) is 0 Å². The van der Waals surface area contributed by atoms with E-state index in [0.717, 1.165) is 78.0 Å². The van der Waals surface area contributed by atoms with Crippen molar-refractivity contribution < 1.29 is 4.42 Å². The first-order chi connectivity index (χ1) is 30.3. The number of hydrogen-bond acceptors (Lipinski definition) is 2. The Labute approximate surface area is 353 Å². The monoisotopic (exact) mass is 778 g/mol. The van der Waals surface area contributed by atoms with Gasteiger partial charge in [-0.2, -0.15) is 0 Å². The van der Waals surface area contributed by atoms with E-state index >= 15 is 0 Å². The summed E-state index contributed by atoms with van der Waals surface area (Å²) >= 11 is 0. The third-order valence-corrected chi connectivity index (χ3v) is 12.2. The van der Waals surface area contributed by atoms with Crippen molar-refractivity contribution in [2.75, 3.05) is 4.90 Å². The maximum absolute atomic E-state index is 6.62. The van der Waals surface area contributed by atoms with E-state index in [9.17, 15) is 0 Å². The third-order valence-electron chi connectivity index (χ3n) is 12.2. The van der Waals surface area contributed by atoms with Crippen molar-refractivity contribution in [2.45, 2.75) is 0 Å². The molecule has 0 atom stereocenters. The summed E-state index contributed by atoms with van der Waals surface area (Å²) in [4.78, 5) is 2.41. The Morgan fingerprint density at radius 1 is 0.344 bits per heavy atom. The number of anilines is 3. The summed E-state index contributed by atoms with van der Waals surface area (Å²) in [6.07, 6.45) is 0. The minimum atomic E-state index is 0.894. The highest BCUT2D eigenvalue weighted by atomic mass is 16.3. The zero-order valence-electron chi connectivity index (χ0n) is 33.2. The van der Waals surface area contributed by atoms with E-state index in [1.165, 1.54) is 32.7 Å². The first-order valence-electron chi connectivity index (χ1n) is 20.8. The number of rotatable bonds is 7. The molecule has 2 aromatic heterocycles. The normalized spacial score (nSPS) is 11.6. The quantitative estimate of drug-likeness (QED) is 0.161. The van der Waals surface area contributed by atoms with E-state index in [-0.39, 0.29) is 0 Å². The SMILES string of the molecule is c1ccc(-c2cc(-c3ccc4ccccc4c3)ccc2N(c2ccccc2)c2ccc3c4ccccc4n(-c4ccccc4-c4cccc5c4oc4ccccc45)c3c2)cc1. The zero-order valence-corrected chi connectivity index (χ0v) is 33.2. The van der Waals surface area contributed by atoms with Crippen LogP contribution in [0.4, 0.5) is 17.1 Å². The highest BCUT2D eigenvalue weighted by molar-refractivity contribution is 6.13. The molecular formula is C58H38N2O. The van der Waals surface area contributed by atoms with E-state index in [4.69, 9.17) is 4.42 Å². The predicted molar refractivity (Wildman–Crippen MR) is 257 cm³/mol. The molecule has 0 spiro atoms. The molecule has 0 fully saturated rings. The van der Waals surface area contributed by atoms with Crippen LogP contribution in [0.15, 0.2) is 235 Å². The molecule has 0 bridgehead atoms. The molecule has 12 rings (SSSR count). The topological polar surface area (TPSA) is 21.3 Å². The van der Waals surface area contributed by atoms with Gasteiger partial charge in [-0.25, -0.2) is 0 Å². The molecule has 0 radical (unpaired) electrons. The summed E-state index contributed by atoms with van der Waals surface area (Å²) in [5, 5.41) is 7.11. The number of fused-ring (bicyclic) bond motifs is 7. The van der Waals surface area contributed by atoms with Crippen LogP contribution in [0.2, 0.25) is 0 Å². The maximum atomic E-state index is 6.62. The van der Waals surface area contributed by atoms with Gasteiger partial charge in [0, 0.05) is 49.6 Å². The van der Waals surface area contributed by atoms with Crippen molar-refractivity contribution in [1.82, 2.24) is 4.57 Å². The first-order valence-corrected chi connectivity index (χ1v) is 20.8. The van der Waals surface area contributed by atoms with Gasteiger partial charge < -0.3 is 13.9 Å². The average molecular weight is 779 g/mol. The predicted octanol–water partition coefficient (Wildman–Crippen LogP) is 16.3. The van der Waals surface area contributed by atoms with Crippen LogP contribution in [-0.2, 0) is 0 Å². The average Bonchev–Trinajstić information content (AvgIpc) is 3.88. The third kappa shape index (κ3) is 5.82. The van der Waals surface area contributed by atoms with Crippen LogP contribution < -0.4 is 4.90 Å². The Hall–Kier alpha value is -8.14. The fraction of sp³-hybridized carbons (Fsp3) is 0. The molecule has 3 nitrogen and oxygen atoms in total. The van der Waals surface area contributed by atoms with Crippen LogP contribution in [0.25, 0.3) is 93.6 Å². The molecule has 0 saturated heterocycles. The molecule has 0 aliphatic rings. The summed E-state index contributed by atoms with van der Waals surface area (Å²) in [5.74, 6) is 0. The molecule has 0 unspecified atom stereocenters. The van der Waals surface area contributed by atoms with Crippen molar-refractivity contribution >= 4 is 71.6 Å². The highest BCUT2D eigenvalue weighted by Gasteiger charge is 2.22. The summed E-state index contributed by atoms with van der Waals surface area (Å²) in [5.41, 5.74) is 15.2. The standard InChI is InChI=1S/C58H38N2O/c1-3-17-40(18-4-1)52-37-43(42-31-30-39-16-7-8-19-41(39)36-42)32-35-55(52)59(44-20-5-2-6-21-44)45-33-34-48-46-22-9-12-27-53(46)60(56(48)38-45)54-28-13-10-23-47(54)50-25-15-26-51-49-24-11-14-29-57(49)61-58(50)51/h1-38H. The second-order valence-corrected chi connectivity index (χ2v) is 15.7. The van der Waals surface area contributed by atoms with Gasteiger partial charge in [-0.15, -0.1) is 0 Å². The molecule has 3 heteroatoms. The van der Waals surface area contributed by atoms with Crippen molar-refractivity contribution in [2.24, 2.45) is 0 Å². The first kappa shape index (κ1) is 34.9. The number of aromatic nitrogens is 1. The lowest BCUT2D eigenvalue weighted by Crippen LogP contribution is -2.11. The van der Waals surface area contributed by atoms with Crippen molar-refractivity contribution in [3.05, 3.63) is 231 Å². The number of para-hydroxylation sites is 5. The van der Waals surface area contributed by atoms with Gasteiger partial charge in [0.2, 0.25) is 0 Å². The summed E-state index contributed by atoms with van der Waals surface area (Å²) in [6, 6.07) is 83.0. The van der Waals surface area contributed by atoms with Gasteiger partial charge in [0.25, 0.3) is 0 Å². The van der Waals surface area contributed by atoms with Crippen LogP contribution in [0.3, 0.4) is 0 Å². The Morgan fingerprint density at radius 2 is 1.00 bits per heavy atom. The van der Waals surface area contributed by atoms with Gasteiger partial charge in [-0.1, -0.05) is 170 Å². The maximum Gasteiger partial charge on any atom is 0.143 e. The van der Waals surface area contributed by atoms with Crippen LogP contribution in [0.5, 0.6) is 0 Å². The minimum absolute atomic E-state index is 0.894. The fourth-order valence-electron chi connectivity index (χ4n) is 9.35. The number of nitrogens with zero attached hydrogens (tertiary/aromatic N) is 2. The Balaban J connectivity index is 1.09. The van der Waals surface area contributed by atoms with Gasteiger partial charge in [-0.3, -0.25) is 0 Å². The molecule has 2 heterocycles. The Morgan fingerprint density at radius 3 is 1.89 bits per heavy atom. The van der Waals surface area contributed by atoms with Gasteiger partial charge in [0.05, 0.1) is 22.4 Å². The van der Waals surface area contributed by atoms with E-state index in [1.807, 2.05) is 6.07 Å². The minimum Gasteiger partial charge on any atom is -0.455 e. The van der Waals surface area contributed by atoms with Gasteiger partial charge >= 0.3 is 0 Å². The van der Waals surface area contributed by atoms with E-state index < -0.39 is 0 Å². The smallest absolute Gasteiger partial charge is 0.143 e. The molecule has 0 aliphatic carbocycles. The molecule has 0 aliphatic heterocycles. The molecule has 0 saturated carbocycles. The molecule has 286 valence electrons. The van der Waals surface area contributed by atoms with Gasteiger partial charge in [0.15, 0.2) is 0 Å².